The molecule has 0 radical (unpaired) electrons. The van der Waals surface area contributed by atoms with Crippen LogP contribution in [0.1, 0.15) is 12.2 Å². The third-order valence-electron chi connectivity index (χ3n) is 3.64. The molecule has 1 atom stereocenters. The molecular formula is C17H25N3O5. The highest BCUT2D eigenvalue weighted by Crippen LogP contribution is 2.14. The van der Waals surface area contributed by atoms with Gasteiger partial charge in [0.25, 0.3) is 10.9 Å². The first-order chi connectivity index (χ1) is 12.0. The van der Waals surface area contributed by atoms with Crippen LogP contribution in [0.4, 0.5) is 11.4 Å². The lowest BCUT2D eigenvalue weighted by molar-refractivity contribution is 0.0282. The number of hydrogen-bond acceptors (Lipinski definition) is 8. The molecule has 1 heterocycles. The molecule has 1 aromatic carbocycles. The highest BCUT2D eigenvalue weighted by atomic mass is 16.5. The lowest BCUT2D eigenvalue weighted by Gasteiger charge is -2.17. The van der Waals surface area contributed by atoms with Gasteiger partial charge in [0.15, 0.2) is 0 Å². The van der Waals surface area contributed by atoms with Crippen LogP contribution in [-0.2, 0) is 11.3 Å². The van der Waals surface area contributed by atoms with Gasteiger partial charge in [0, 0.05) is 13.1 Å². The summed E-state index contributed by atoms with van der Waals surface area (Å²) in [6.45, 7) is 1.97. The highest BCUT2D eigenvalue weighted by Gasteiger charge is 2.21. The van der Waals surface area contributed by atoms with E-state index in [2.05, 4.69) is 10.6 Å². The van der Waals surface area contributed by atoms with Gasteiger partial charge in [0.05, 0.1) is 19.0 Å². The third kappa shape index (κ3) is 5.70. The molecule has 8 nitrogen and oxygen atoms in total. The van der Waals surface area contributed by atoms with Crippen molar-refractivity contribution in [1.29, 1.82) is 0 Å². The molecule has 0 aliphatic rings. The van der Waals surface area contributed by atoms with Gasteiger partial charge in [-0.2, -0.15) is 0 Å². The van der Waals surface area contributed by atoms with E-state index in [1.165, 1.54) is 0 Å². The first kappa shape index (κ1) is 19.2. The number of ether oxygens (including phenoxy) is 1. The summed E-state index contributed by atoms with van der Waals surface area (Å²) < 4.78 is 10.4. The summed E-state index contributed by atoms with van der Waals surface area (Å²) in [6, 6.07) is 3.54. The smallest absolute Gasteiger partial charge is 0.253 e. The van der Waals surface area contributed by atoms with E-state index in [0.717, 1.165) is 13.0 Å². The zero-order valence-electron chi connectivity index (χ0n) is 14.6. The van der Waals surface area contributed by atoms with Crippen molar-refractivity contribution in [3.05, 3.63) is 44.6 Å². The number of anilines is 2. The number of nitrogens with zero attached hydrogens (tertiary/aromatic N) is 1. The van der Waals surface area contributed by atoms with Gasteiger partial charge in [-0.25, -0.2) is 0 Å². The number of aliphatic hydroxyl groups is 1. The van der Waals surface area contributed by atoms with Gasteiger partial charge in [-0.3, -0.25) is 9.59 Å². The Kier molecular flexibility index (Phi) is 7.17. The Hall–Kier alpha value is -2.16. The van der Waals surface area contributed by atoms with E-state index in [1.807, 2.05) is 19.0 Å². The summed E-state index contributed by atoms with van der Waals surface area (Å²) in [7, 11) is 3.94. The Morgan fingerprint density at radius 1 is 1.24 bits per heavy atom. The van der Waals surface area contributed by atoms with Crippen LogP contribution in [0.25, 0.3) is 0 Å². The van der Waals surface area contributed by atoms with Crippen LogP contribution in [0.3, 0.4) is 0 Å². The summed E-state index contributed by atoms with van der Waals surface area (Å²) in [4.78, 5) is 25.3. The van der Waals surface area contributed by atoms with Crippen molar-refractivity contribution < 1.29 is 14.3 Å². The predicted molar refractivity (Wildman–Crippen MR) is 95.9 cm³/mol. The second kappa shape index (κ2) is 9.36. The van der Waals surface area contributed by atoms with Gasteiger partial charge in [-0.05, 0) is 39.2 Å². The van der Waals surface area contributed by atoms with Crippen LogP contribution in [0, 0.1) is 0 Å². The molecule has 0 saturated heterocycles. The zero-order chi connectivity index (χ0) is 18.2. The van der Waals surface area contributed by atoms with Crippen LogP contribution in [0.15, 0.2) is 32.4 Å². The van der Waals surface area contributed by atoms with Gasteiger partial charge in [-0.15, -0.1) is 0 Å². The number of furan rings is 1. The molecule has 0 aliphatic carbocycles. The van der Waals surface area contributed by atoms with Crippen LogP contribution >= 0.6 is 0 Å². The molecule has 0 unspecified atom stereocenters. The molecule has 2 rings (SSSR count). The van der Waals surface area contributed by atoms with Crippen molar-refractivity contribution in [2.75, 3.05) is 51.0 Å². The van der Waals surface area contributed by atoms with Crippen molar-refractivity contribution in [3.63, 3.8) is 0 Å². The fourth-order valence-corrected chi connectivity index (χ4v) is 2.31. The first-order valence-corrected chi connectivity index (χ1v) is 8.23. The van der Waals surface area contributed by atoms with Crippen molar-refractivity contribution >= 4 is 11.4 Å². The topological polar surface area (TPSA) is 104 Å². The SMILES string of the molecule is CN(C)CCCNc1c(NC[C@@H](O)COCc2ccco2)c(=O)c1=O. The normalized spacial score (nSPS) is 12.6. The van der Waals surface area contributed by atoms with Crippen LogP contribution in [-0.4, -0.2) is 56.4 Å². The van der Waals surface area contributed by atoms with E-state index in [1.54, 1.807) is 18.4 Å². The summed E-state index contributed by atoms with van der Waals surface area (Å²) in [6.07, 6.45) is 1.60. The standard InChI is InChI=1S/C17H25N3O5/c1-20(2)7-4-6-18-14-15(17(23)16(14)22)19-9-12(21)10-24-11-13-5-3-8-25-13/h3,5,8,12,18-19,21H,4,6-7,9-11H2,1-2H3/t12-/m1/s1. The minimum Gasteiger partial charge on any atom is -0.467 e. The Morgan fingerprint density at radius 3 is 2.60 bits per heavy atom. The third-order valence-corrected chi connectivity index (χ3v) is 3.64. The maximum Gasteiger partial charge on any atom is 0.253 e. The number of nitrogens with one attached hydrogen (secondary N) is 2. The molecule has 0 fully saturated rings. The molecule has 3 N–H and O–H groups in total. The summed E-state index contributed by atoms with van der Waals surface area (Å²) in [5, 5.41) is 15.7. The van der Waals surface area contributed by atoms with Gasteiger partial charge in [-0.1, -0.05) is 0 Å². The molecule has 0 spiro atoms. The fraction of sp³-hybridized carbons (Fsp3) is 0.529. The maximum atomic E-state index is 11.7. The number of rotatable bonds is 12. The van der Waals surface area contributed by atoms with E-state index in [9.17, 15) is 14.7 Å². The maximum absolute atomic E-state index is 11.7. The monoisotopic (exact) mass is 351 g/mol. The summed E-state index contributed by atoms with van der Waals surface area (Å²) in [5.41, 5.74) is -0.540. The highest BCUT2D eigenvalue weighted by molar-refractivity contribution is 5.73. The van der Waals surface area contributed by atoms with E-state index >= 15 is 0 Å². The molecule has 8 heteroatoms. The average Bonchev–Trinajstić information content (AvgIpc) is 3.09. The van der Waals surface area contributed by atoms with Gasteiger partial charge in [0.2, 0.25) is 0 Å². The molecule has 1 aromatic heterocycles. The minimum absolute atomic E-state index is 0.0920. The van der Waals surface area contributed by atoms with E-state index in [4.69, 9.17) is 9.15 Å². The molecule has 0 saturated carbocycles. The minimum atomic E-state index is -0.805. The largest absolute Gasteiger partial charge is 0.467 e. The van der Waals surface area contributed by atoms with Crippen LogP contribution in [0.2, 0.25) is 0 Å². The fourth-order valence-electron chi connectivity index (χ4n) is 2.31. The molecular weight excluding hydrogens is 326 g/mol. The van der Waals surface area contributed by atoms with Crippen molar-refractivity contribution in [2.45, 2.75) is 19.1 Å². The Labute approximate surface area is 146 Å². The molecule has 25 heavy (non-hydrogen) atoms. The van der Waals surface area contributed by atoms with Crippen molar-refractivity contribution in [1.82, 2.24) is 4.90 Å². The summed E-state index contributed by atoms with van der Waals surface area (Å²) >= 11 is 0. The van der Waals surface area contributed by atoms with Gasteiger partial charge < -0.3 is 29.8 Å². The Balaban J connectivity index is 1.71. The van der Waals surface area contributed by atoms with E-state index in [-0.39, 0.29) is 25.4 Å². The molecule has 0 amide bonds. The zero-order valence-corrected chi connectivity index (χ0v) is 14.6. The second-order valence-electron chi connectivity index (χ2n) is 6.12. The van der Waals surface area contributed by atoms with Crippen molar-refractivity contribution in [2.24, 2.45) is 0 Å². The lowest BCUT2D eigenvalue weighted by Crippen LogP contribution is -2.39. The van der Waals surface area contributed by atoms with Crippen LogP contribution in [0.5, 0.6) is 0 Å². The molecule has 0 aliphatic heterocycles. The second-order valence-corrected chi connectivity index (χ2v) is 6.12. The quantitative estimate of drug-likeness (QED) is 0.369. The van der Waals surface area contributed by atoms with Crippen molar-refractivity contribution in [3.8, 4) is 0 Å². The molecule has 2 aromatic rings. The van der Waals surface area contributed by atoms with Gasteiger partial charge in [0.1, 0.15) is 23.7 Å². The van der Waals surface area contributed by atoms with E-state index < -0.39 is 17.0 Å². The lowest BCUT2D eigenvalue weighted by atomic mass is 10.1. The first-order valence-electron chi connectivity index (χ1n) is 8.23. The molecule has 0 bridgehead atoms. The van der Waals surface area contributed by atoms with Crippen LogP contribution < -0.4 is 21.5 Å². The summed E-state index contributed by atoms with van der Waals surface area (Å²) in [5.74, 6) is 0.673. The van der Waals surface area contributed by atoms with Gasteiger partial charge >= 0.3 is 0 Å². The average molecular weight is 351 g/mol. The number of hydrogen-bond donors (Lipinski definition) is 3. The molecule has 138 valence electrons. The van der Waals surface area contributed by atoms with E-state index in [0.29, 0.717) is 18.0 Å². The predicted octanol–water partition coefficient (Wildman–Crippen LogP) is 0.229. The Bertz CT molecular complexity index is 704. The number of aliphatic hydroxyl groups excluding tert-OH is 1. The Morgan fingerprint density at radius 2 is 1.96 bits per heavy atom.